The lowest BCUT2D eigenvalue weighted by Crippen LogP contribution is -2.37. The van der Waals surface area contributed by atoms with Crippen LogP contribution in [0, 0.1) is 18.3 Å². The summed E-state index contributed by atoms with van der Waals surface area (Å²) in [5.41, 5.74) is 5.20. The molecule has 1 fully saturated rings. The fourth-order valence-electron chi connectivity index (χ4n) is 3.49. The molecule has 0 spiro atoms. The van der Waals surface area contributed by atoms with E-state index in [-0.39, 0.29) is 0 Å². The van der Waals surface area contributed by atoms with Crippen molar-refractivity contribution >= 4 is 34.3 Å². The van der Waals surface area contributed by atoms with E-state index in [0.717, 1.165) is 35.5 Å². The third kappa shape index (κ3) is 3.86. The zero-order valence-corrected chi connectivity index (χ0v) is 17.6. The third-order valence-corrected chi connectivity index (χ3v) is 5.61. The van der Waals surface area contributed by atoms with Gasteiger partial charge in [0.15, 0.2) is 5.16 Å². The number of morpholine rings is 1. The van der Waals surface area contributed by atoms with Crippen LogP contribution in [0.5, 0.6) is 0 Å². The first-order valence-electron chi connectivity index (χ1n) is 9.45. The maximum atomic E-state index is 9.55. The van der Waals surface area contributed by atoms with E-state index in [1.165, 1.54) is 11.8 Å². The average Bonchev–Trinajstić information content (AvgIpc) is 3.11. The maximum absolute atomic E-state index is 9.55. The predicted octanol–water partition coefficient (Wildman–Crippen LogP) is 2.71. The summed E-state index contributed by atoms with van der Waals surface area (Å²) < 4.78 is 7.60. The Kier molecular flexibility index (Phi) is 5.56. The number of thioether (sulfide) groups is 1. The monoisotopic (exact) mass is 409 g/mol. The minimum absolute atomic E-state index is 0.469. The molecule has 1 N–H and O–H groups in total. The molecule has 0 bridgehead atoms. The van der Waals surface area contributed by atoms with Gasteiger partial charge in [-0.25, -0.2) is 15.0 Å². The standard InChI is InChI=1S/C20H23N7OS/c1-13-14(11-21)19(25-20(23-13)29-3)22-12-16-18(27-6-8-28-9-7-27)10-17-15(24-16)4-5-26(17)2/h4-5,10H,6-9,12H2,1-3H3,(H,22,23,25). The Hall–Kier alpha value is -2.83. The van der Waals surface area contributed by atoms with Crippen molar-refractivity contribution in [3.05, 3.63) is 35.3 Å². The minimum Gasteiger partial charge on any atom is -0.378 e. The van der Waals surface area contributed by atoms with Gasteiger partial charge in [-0.15, -0.1) is 0 Å². The number of rotatable bonds is 5. The molecule has 9 heteroatoms. The smallest absolute Gasteiger partial charge is 0.189 e. The summed E-state index contributed by atoms with van der Waals surface area (Å²) in [7, 11) is 2.03. The molecule has 3 aromatic heterocycles. The van der Waals surface area contributed by atoms with Gasteiger partial charge in [0.1, 0.15) is 17.5 Å². The second-order valence-electron chi connectivity index (χ2n) is 6.87. The van der Waals surface area contributed by atoms with Crippen molar-refractivity contribution in [2.24, 2.45) is 7.05 Å². The molecule has 0 atom stereocenters. The first kappa shape index (κ1) is 19.5. The summed E-state index contributed by atoms with van der Waals surface area (Å²) in [5.74, 6) is 0.548. The number of fused-ring (bicyclic) bond motifs is 1. The number of nitrogens with one attached hydrogen (secondary N) is 1. The molecule has 150 valence electrons. The first-order valence-corrected chi connectivity index (χ1v) is 10.7. The van der Waals surface area contributed by atoms with Crippen LogP contribution in [0.3, 0.4) is 0 Å². The Morgan fingerprint density at radius 3 is 2.79 bits per heavy atom. The molecule has 0 amide bonds. The van der Waals surface area contributed by atoms with E-state index >= 15 is 0 Å². The van der Waals surface area contributed by atoms with E-state index in [2.05, 4.69) is 36.9 Å². The van der Waals surface area contributed by atoms with E-state index in [9.17, 15) is 5.26 Å². The van der Waals surface area contributed by atoms with Gasteiger partial charge in [-0.05, 0) is 25.3 Å². The van der Waals surface area contributed by atoms with Crippen LogP contribution < -0.4 is 10.2 Å². The van der Waals surface area contributed by atoms with Crippen molar-refractivity contribution in [2.75, 3.05) is 42.8 Å². The highest BCUT2D eigenvalue weighted by Crippen LogP contribution is 2.27. The molecule has 29 heavy (non-hydrogen) atoms. The van der Waals surface area contributed by atoms with Gasteiger partial charge in [0.2, 0.25) is 0 Å². The number of aryl methyl sites for hydroxylation is 2. The Bertz CT molecular complexity index is 1080. The SMILES string of the molecule is CSc1nc(C)c(C#N)c(NCc2nc3ccn(C)c3cc2N2CCOCC2)n1. The fourth-order valence-corrected chi connectivity index (χ4v) is 3.90. The lowest BCUT2D eigenvalue weighted by atomic mass is 10.2. The number of pyridine rings is 1. The lowest BCUT2D eigenvalue weighted by molar-refractivity contribution is 0.122. The minimum atomic E-state index is 0.469. The lowest BCUT2D eigenvalue weighted by Gasteiger charge is -2.30. The number of nitriles is 1. The number of nitrogens with zero attached hydrogens (tertiary/aromatic N) is 6. The molecule has 4 rings (SSSR count). The van der Waals surface area contributed by atoms with Crippen molar-refractivity contribution < 1.29 is 4.74 Å². The number of anilines is 2. The maximum Gasteiger partial charge on any atom is 0.189 e. The number of ether oxygens (including phenoxy) is 1. The van der Waals surface area contributed by atoms with Crippen LogP contribution >= 0.6 is 11.8 Å². The van der Waals surface area contributed by atoms with Crippen LogP contribution in [0.15, 0.2) is 23.5 Å². The number of hydrogen-bond acceptors (Lipinski definition) is 8. The molecule has 0 saturated carbocycles. The summed E-state index contributed by atoms with van der Waals surface area (Å²) in [6.07, 6.45) is 3.94. The van der Waals surface area contributed by atoms with Gasteiger partial charge >= 0.3 is 0 Å². The predicted molar refractivity (Wildman–Crippen MR) is 114 cm³/mol. The van der Waals surface area contributed by atoms with Gasteiger partial charge < -0.3 is 19.5 Å². The van der Waals surface area contributed by atoms with Gasteiger partial charge in [-0.1, -0.05) is 11.8 Å². The normalized spacial score (nSPS) is 14.2. The highest BCUT2D eigenvalue weighted by atomic mass is 32.2. The largest absolute Gasteiger partial charge is 0.378 e. The van der Waals surface area contributed by atoms with Gasteiger partial charge in [0.25, 0.3) is 0 Å². The van der Waals surface area contributed by atoms with E-state index in [1.807, 2.05) is 32.5 Å². The van der Waals surface area contributed by atoms with E-state index in [0.29, 0.717) is 42.0 Å². The number of hydrogen-bond donors (Lipinski definition) is 1. The zero-order valence-electron chi connectivity index (χ0n) is 16.8. The summed E-state index contributed by atoms with van der Waals surface area (Å²) in [5, 5.41) is 13.5. The van der Waals surface area contributed by atoms with Gasteiger partial charge in [-0.3, -0.25) is 0 Å². The highest BCUT2D eigenvalue weighted by molar-refractivity contribution is 7.98. The van der Waals surface area contributed by atoms with E-state index in [1.54, 1.807) is 0 Å². The van der Waals surface area contributed by atoms with E-state index < -0.39 is 0 Å². The van der Waals surface area contributed by atoms with Gasteiger partial charge in [0.05, 0.1) is 47.9 Å². The van der Waals surface area contributed by atoms with Crippen molar-refractivity contribution in [3.8, 4) is 6.07 Å². The molecule has 3 aromatic rings. The van der Waals surface area contributed by atoms with Gasteiger partial charge in [-0.2, -0.15) is 5.26 Å². The van der Waals surface area contributed by atoms with Crippen LogP contribution in [-0.4, -0.2) is 52.1 Å². The first-order chi connectivity index (χ1) is 14.1. The van der Waals surface area contributed by atoms with Crippen LogP contribution in [0.1, 0.15) is 17.0 Å². The molecular weight excluding hydrogens is 386 g/mol. The summed E-state index contributed by atoms with van der Waals surface area (Å²) in [6.45, 7) is 5.38. The molecule has 4 heterocycles. The summed E-state index contributed by atoms with van der Waals surface area (Å²) in [4.78, 5) is 16.1. The molecule has 0 unspecified atom stereocenters. The van der Waals surface area contributed by atoms with Crippen molar-refractivity contribution in [3.63, 3.8) is 0 Å². The summed E-state index contributed by atoms with van der Waals surface area (Å²) in [6, 6.07) is 6.42. The zero-order chi connectivity index (χ0) is 20.4. The van der Waals surface area contributed by atoms with Crippen molar-refractivity contribution in [1.82, 2.24) is 19.5 Å². The van der Waals surface area contributed by atoms with Crippen LogP contribution in [0.4, 0.5) is 11.5 Å². The Balaban J connectivity index is 1.70. The number of aromatic nitrogens is 4. The van der Waals surface area contributed by atoms with Crippen molar-refractivity contribution in [2.45, 2.75) is 18.6 Å². The molecule has 1 aliphatic heterocycles. The van der Waals surface area contributed by atoms with Crippen LogP contribution in [-0.2, 0) is 18.3 Å². The fraction of sp³-hybridized carbons (Fsp3) is 0.400. The molecule has 1 saturated heterocycles. The second-order valence-corrected chi connectivity index (χ2v) is 7.64. The third-order valence-electron chi connectivity index (χ3n) is 5.06. The quantitative estimate of drug-likeness (QED) is 0.508. The topological polar surface area (TPSA) is 91.9 Å². The summed E-state index contributed by atoms with van der Waals surface area (Å²) >= 11 is 1.46. The Morgan fingerprint density at radius 2 is 2.07 bits per heavy atom. The molecule has 1 aliphatic rings. The molecule has 0 radical (unpaired) electrons. The molecular formula is C20H23N7OS. The van der Waals surface area contributed by atoms with E-state index in [4.69, 9.17) is 9.72 Å². The average molecular weight is 410 g/mol. The molecule has 0 aliphatic carbocycles. The molecule has 8 nitrogen and oxygen atoms in total. The second kappa shape index (κ2) is 8.27. The molecule has 0 aromatic carbocycles. The Labute approximate surface area is 173 Å². The van der Waals surface area contributed by atoms with Crippen molar-refractivity contribution in [1.29, 1.82) is 5.26 Å². The Morgan fingerprint density at radius 1 is 1.28 bits per heavy atom. The van der Waals surface area contributed by atoms with Crippen LogP contribution in [0.25, 0.3) is 11.0 Å². The van der Waals surface area contributed by atoms with Gasteiger partial charge in [0, 0.05) is 26.3 Å². The highest BCUT2D eigenvalue weighted by Gasteiger charge is 2.19. The van der Waals surface area contributed by atoms with Crippen LogP contribution in [0.2, 0.25) is 0 Å².